The summed E-state index contributed by atoms with van der Waals surface area (Å²) in [5, 5.41) is -5.12. The fourth-order valence-corrected chi connectivity index (χ4v) is 1.91. The van der Waals surface area contributed by atoms with Crippen molar-refractivity contribution in [2.24, 2.45) is 0 Å². The molecule has 1 rings (SSSR count). The molecule has 0 spiro atoms. The molecule has 154 valence electrons. The lowest BCUT2D eigenvalue weighted by Gasteiger charge is -2.37. The van der Waals surface area contributed by atoms with Crippen molar-refractivity contribution in [1.29, 1.82) is 0 Å². The van der Waals surface area contributed by atoms with Crippen LogP contribution in [0.15, 0.2) is 30.3 Å². The number of carbonyl (C=O) groups is 1. The van der Waals surface area contributed by atoms with Crippen LogP contribution in [0.4, 0.5) is 43.9 Å². The summed E-state index contributed by atoms with van der Waals surface area (Å²) in [7, 11) is 0. The van der Waals surface area contributed by atoms with Gasteiger partial charge < -0.3 is 5.32 Å². The van der Waals surface area contributed by atoms with E-state index in [1.54, 1.807) is 6.07 Å². The Balaban J connectivity index is 2.99. The van der Waals surface area contributed by atoms with E-state index in [0.29, 0.717) is 5.56 Å². The van der Waals surface area contributed by atoms with Gasteiger partial charge in [-0.3, -0.25) is 4.79 Å². The third-order valence-electron chi connectivity index (χ3n) is 3.37. The first kappa shape index (κ1) is 23.3. The molecule has 0 aliphatic rings. The van der Waals surface area contributed by atoms with Crippen LogP contribution in [0, 0.1) is 0 Å². The summed E-state index contributed by atoms with van der Waals surface area (Å²) < 4.78 is 131. The molecule has 0 heterocycles. The fourth-order valence-electron chi connectivity index (χ4n) is 1.79. The highest BCUT2D eigenvalue weighted by Gasteiger charge is 2.87. The molecule has 0 aliphatic heterocycles. The summed E-state index contributed by atoms with van der Waals surface area (Å²) in [6, 6.07) is 7.50. The Morgan fingerprint density at radius 2 is 1.30 bits per heavy atom. The van der Waals surface area contributed by atoms with Crippen LogP contribution in [0.25, 0.3) is 0 Å². The molecule has 0 saturated carbocycles. The monoisotopic (exact) mass is 433 g/mol. The zero-order chi connectivity index (χ0) is 21.3. The minimum Gasteiger partial charge on any atom is -0.350 e. The minimum absolute atomic E-state index is 0.194. The number of halogens is 11. The first-order chi connectivity index (χ1) is 12.0. The molecular weight excluding hydrogens is 424 g/mol. The van der Waals surface area contributed by atoms with Crippen molar-refractivity contribution in [1.82, 2.24) is 5.32 Å². The van der Waals surface area contributed by atoms with E-state index in [0.717, 1.165) is 0 Å². The number of rotatable bonds is 8. The average Bonchev–Trinajstić information content (AvgIpc) is 2.54. The van der Waals surface area contributed by atoms with Crippen LogP contribution in [0.5, 0.6) is 0 Å². The Kier molecular flexibility index (Phi) is 6.36. The van der Waals surface area contributed by atoms with E-state index in [9.17, 15) is 48.7 Å². The summed E-state index contributed by atoms with van der Waals surface area (Å²) in [6.07, 6.45) is -0.194. The van der Waals surface area contributed by atoms with E-state index in [-0.39, 0.29) is 6.42 Å². The summed E-state index contributed by atoms with van der Waals surface area (Å²) in [4.78, 5) is 11.2. The number of amides is 1. The van der Waals surface area contributed by atoms with Gasteiger partial charge in [-0.25, -0.2) is 0 Å². The predicted octanol–water partition coefficient (Wildman–Crippen LogP) is 4.72. The second kappa shape index (κ2) is 7.36. The lowest BCUT2D eigenvalue weighted by Crippen LogP contribution is -2.69. The van der Waals surface area contributed by atoms with Gasteiger partial charge in [-0.05, 0) is 23.6 Å². The van der Waals surface area contributed by atoms with Crippen molar-refractivity contribution < 1.29 is 48.7 Å². The molecule has 0 radical (unpaired) electrons. The number of alkyl halides is 11. The van der Waals surface area contributed by atoms with Crippen molar-refractivity contribution in [2.45, 2.75) is 35.5 Å². The molecule has 0 saturated heterocycles. The smallest absolute Gasteiger partial charge is 0.350 e. The molecular formula is C14H10ClF10NO. The van der Waals surface area contributed by atoms with Crippen molar-refractivity contribution in [3.05, 3.63) is 35.9 Å². The summed E-state index contributed by atoms with van der Waals surface area (Å²) in [6.45, 7) is -0.748. The second-order valence-corrected chi connectivity index (χ2v) is 5.76. The fraction of sp³-hybridized carbons (Fsp3) is 0.500. The molecule has 1 N–H and O–H groups in total. The molecule has 0 fully saturated rings. The normalized spacial score (nSPS) is 14.2. The maximum atomic E-state index is 13.5. The van der Waals surface area contributed by atoms with Gasteiger partial charge in [-0.15, -0.1) is 0 Å². The van der Waals surface area contributed by atoms with Gasteiger partial charge in [0.25, 0.3) is 5.91 Å². The Morgan fingerprint density at radius 3 is 1.74 bits per heavy atom. The van der Waals surface area contributed by atoms with E-state index in [4.69, 9.17) is 0 Å². The largest absolute Gasteiger partial charge is 0.393 e. The number of hydrogen-bond acceptors (Lipinski definition) is 1. The Hall–Kier alpha value is -1.72. The van der Waals surface area contributed by atoms with Gasteiger partial charge in [-0.2, -0.15) is 43.9 Å². The van der Waals surface area contributed by atoms with E-state index < -0.39 is 41.5 Å². The zero-order valence-corrected chi connectivity index (χ0v) is 13.6. The van der Waals surface area contributed by atoms with Crippen LogP contribution < -0.4 is 5.32 Å². The average molecular weight is 434 g/mol. The van der Waals surface area contributed by atoms with Crippen molar-refractivity contribution in [3.8, 4) is 0 Å². The predicted molar refractivity (Wildman–Crippen MR) is 73.7 cm³/mol. The molecule has 0 atom stereocenters. The van der Waals surface area contributed by atoms with Crippen molar-refractivity contribution in [3.63, 3.8) is 0 Å². The molecule has 0 bridgehead atoms. The third-order valence-corrected chi connectivity index (χ3v) is 3.60. The molecule has 27 heavy (non-hydrogen) atoms. The number of carbonyl (C=O) groups excluding carboxylic acids is 1. The van der Waals surface area contributed by atoms with Gasteiger partial charge in [0.2, 0.25) is 0 Å². The second-order valence-electron chi connectivity index (χ2n) is 5.29. The van der Waals surface area contributed by atoms with E-state index in [1.165, 1.54) is 29.6 Å². The molecule has 0 aromatic heterocycles. The standard InChI is InChI=1S/C14H10ClF10NO/c15-14(24,25)13(22,23)12(20,21)11(18,19)10(16,17)9(27)26-7-6-8-4-2-1-3-5-8/h1-5H,6-7H2,(H,26,27). The quantitative estimate of drug-likeness (QED) is 0.466. The zero-order valence-electron chi connectivity index (χ0n) is 12.9. The van der Waals surface area contributed by atoms with Crippen LogP contribution in [0.2, 0.25) is 0 Å². The summed E-state index contributed by atoms with van der Waals surface area (Å²) in [5.41, 5.74) is 0.437. The molecule has 1 aromatic carbocycles. The maximum absolute atomic E-state index is 13.5. The van der Waals surface area contributed by atoms with Crippen LogP contribution >= 0.6 is 11.6 Å². The van der Waals surface area contributed by atoms with Gasteiger partial charge >= 0.3 is 29.1 Å². The topological polar surface area (TPSA) is 29.1 Å². The van der Waals surface area contributed by atoms with Crippen molar-refractivity contribution >= 4 is 17.5 Å². The lowest BCUT2D eigenvalue weighted by molar-refractivity contribution is -0.382. The highest BCUT2D eigenvalue weighted by atomic mass is 35.5. The SMILES string of the molecule is O=C(NCCc1ccccc1)C(F)(F)C(F)(F)C(F)(F)C(F)(F)C(F)(F)Cl. The number of nitrogens with one attached hydrogen (secondary N) is 1. The van der Waals surface area contributed by atoms with Gasteiger partial charge in [-0.1, -0.05) is 30.3 Å². The van der Waals surface area contributed by atoms with E-state index in [2.05, 4.69) is 11.6 Å². The summed E-state index contributed by atoms with van der Waals surface area (Å²) >= 11 is 3.65. The highest BCUT2D eigenvalue weighted by Crippen LogP contribution is 2.57. The molecule has 0 unspecified atom stereocenters. The van der Waals surface area contributed by atoms with E-state index in [1.807, 2.05) is 0 Å². The molecule has 13 heteroatoms. The van der Waals surface area contributed by atoms with Gasteiger partial charge in [0.05, 0.1) is 0 Å². The van der Waals surface area contributed by atoms with Crippen LogP contribution in [0.3, 0.4) is 0 Å². The highest BCUT2D eigenvalue weighted by molar-refractivity contribution is 6.22. The number of hydrogen-bond donors (Lipinski definition) is 1. The lowest BCUT2D eigenvalue weighted by atomic mass is 9.98. The van der Waals surface area contributed by atoms with Crippen molar-refractivity contribution in [2.75, 3.05) is 6.54 Å². The molecule has 1 amide bonds. The first-order valence-electron chi connectivity index (χ1n) is 6.90. The van der Waals surface area contributed by atoms with Crippen LogP contribution in [0.1, 0.15) is 5.56 Å². The maximum Gasteiger partial charge on any atom is 0.393 e. The first-order valence-corrected chi connectivity index (χ1v) is 7.28. The number of benzene rings is 1. The van der Waals surface area contributed by atoms with Gasteiger partial charge in [0.15, 0.2) is 0 Å². The van der Waals surface area contributed by atoms with Gasteiger partial charge in [0, 0.05) is 6.54 Å². The Morgan fingerprint density at radius 1 is 0.815 bits per heavy atom. The van der Waals surface area contributed by atoms with E-state index >= 15 is 0 Å². The third kappa shape index (κ3) is 4.09. The van der Waals surface area contributed by atoms with Crippen LogP contribution in [-0.2, 0) is 11.2 Å². The molecule has 2 nitrogen and oxygen atoms in total. The Bertz CT molecular complexity index is 660. The van der Waals surface area contributed by atoms with Gasteiger partial charge in [0.1, 0.15) is 0 Å². The molecule has 1 aromatic rings. The summed E-state index contributed by atoms with van der Waals surface area (Å²) in [5.74, 6) is -31.1. The van der Waals surface area contributed by atoms with Crippen LogP contribution in [-0.4, -0.2) is 41.5 Å². The Labute approximate surface area is 150 Å². The molecule has 0 aliphatic carbocycles. The minimum atomic E-state index is -7.36.